The van der Waals surface area contributed by atoms with Gasteiger partial charge in [0.25, 0.3) is 0 Å². The molecule has 0 spiro atoms. The summed E-state index contributed by atoms with van der Waals surface area (Å²) in [7, 11) is 1.58. The van der Waals surface area contributed by atoms with Crippen molar-refractivity contribution in [1.29, 1.82) is 5.26 Å². The lowest BCUT2D eigenvalue weighted by Gasteiger charge is -2.42. The molecule has 11 heteroatoms. The molecule has 0 saturated carbocycles. The molecule has 2 aliphatic rings. The Morgan fingerprint density at radius 3 is 2.57 bits per heavy atom. The van der Waals surface area contributed by atoms with Crippen LogP contribution >= 0.6 is 0 Å². The van der Waals surface area contributed by atoms with Gasteiger partial charge in [0, 0.05) is 44.0 Å². The minimum atomic E-state index is -4.56. The molecule has 0 unspecified atom stereocenters. The number of hydrogen-bond acceptors (Lipinski definition) is 6. The SMILES string of the molecule is COc1ccccc1-c1ccc(C2(C(=O)NC[C@@H]3C[C@H](F)CN3)CCN(c3ccc(C(F)(F)F)cc3C#N)CC2)cn1. The Kier molecular flexibility index (Phi) is 8.36. The van der Waals surface area contributed by atoms with Crippen LogP contribution in [0.25, 0.3) is 11.3 Å². The van der Waals surface area contributed by atoms with Crippen LogP contribution < -0.4 is 20.3 Å². The highest BCUT2D eigenvalue weighted by Crippen LogP contribution is 2.40. The molecule has 3 heterocycles. The van der Waals surface area contributed by atoms with Crippen molar-refractivity contribution in [2.45, 2.75) is 43.1 Å². The van der Waals surface area contributed by atoms with Crippen LogP contribution in [0.1, 0.15) is 36.0 Å². The lowest BCUT2D eigenvalue weighted by molar-refractivity contribution is -0.137. The standard InChI is InChI=1S/C31H31F4N5O2/c1-42-28-5-3-2-4-25(28)26-8-6-22(17-38-26)30(29(41)39-19-24-15-23(32)18-37-24)10-12-40(13-11-30)27-9-7-21(31(33,34)35)14-20(27)16-36/h2-9,14,17,23-24,37H,10-13,15,18-19H2,1H3,(H,39,41)/t23-,24-/m0/s1. The second-order valence-electron chi connectivity index (χ2n) is 10.7. The van der Waals surface area contributed by atoms with Crippen molar-refractivity contribution in [2.75, 3.05) is 38.2 Å². The molecule has 2 aromatic carbocycles. The van der Waals surface area contributed by atoms with E-state index in [0.29, 0.717) is 55.0 Å². The van der Waals surface area contributed by atoms with Gasteiger partial charge in [-0.15, -0.1) is 0 Å². The first-order chi connectivity index (χ1) is 20.1. The number of piperidine rings is 1. The van der Waals surface area contributed by atoms with Crippen LogP contribution in [-0.4, -0.2) is 56.4 Å². The number of aromatic nitrogens is 1. The first-order valence-corrected chi connectivity index (χ1v) is 13.8. The van der Waals surface area contributed by atoms with Gasteiger partial charge in [0.2, 0.25) is 5.91 Å². The van der Waals surface area contributed by atoms with Crippen LogP contribution in [0.4, 0.5) is 23.2 Å². The van der Waals surface area contributed by atoms with Gasteiger partial charge in [-0.3, -0.25) is 9.78 Å². The van der Waals surface area contributed by atoms with Crippen LogP contribution in [0, 0.1) is 11.3 Å². The van der Waals surface area contributed by atoms with Crippen molar-refractivity contribution in [3.8, 4) is 23.1 Å². The Labute approximate surface area is 241 Å². The van der Waals surface area contributed by atoms with Gasteiger partial charge in [-0.25, -0.2) is 4.39 Å². The number of alkyl halides is 4. The topological polar surface area (TPSA) is 90.3 Å². The fourth-order valence-corrected chi connectivity index (χ4v) is 5.86. The predicted molar refractivity (Wildman–Crippen MR) is 150 cm³/mol. The molecule has 220 valence electrons. The zero-order valence-electron chi connectivity index (χ0n) is 23.0. The van der Waals surface area contributed by atoms with Gasteiger partial charge in [-0.1, -0.05) is 18.2 Å². The third-order valence-electron chi connectivity index (χ3n) is 8.21. The number of methoxy groups -OCH3 is 1. The van der Waals surface area contributed by atoms with Crippen LogP contribution in [0.5, 0.6) is 5.75 Å². The number of nitriles is 1. The Bertz CT molecular complexity index is 1460. The number of benzene rings is 2. The van der Waals surface area contributed by atoms with E-state index in [0.717, 1.165) is 17.7 Å². The summed E-state index contributed by atoms with van der Waals surface area (Å²) in [6, 6.07) is 16.1. The predicted octanol–water partition coefficient (Wildman–Crippen LogP) is 5.00. The highest BCUT2D eigenvalue weighted by Gasteiger charge is 2.44. The largest absolute Gasteiger partial charge is 0.496 e. The number of nitrogens with zero attached hydrogens (tertiary/aromatic N) is 3. The summed E-state index contributed by atoms with van der Waals surface area (Å²) < 4.78 is 58.9. The molecule has 2 fully saturated rings. The summed E-state index contributed by atoms with van der Waals surface area (Å²) in [4.78, 5) is 20.4. The number of para-hydroxylation sites is 1. The minimum Gasteiger partial charge on any atom is -0.496 e. The molecule has 2 aliphatic heterocycles. The Hall–Kier alpha value is -4.17. The van der Waals surface area contributed by atoms with Crippen molar-refractivity contribution in [1.82, 2.24) is 15.6 Å². The fraction of sp³-hybridized carbons (Fsp3) is 0.387. The van der Waals surface area contributed by atoms with E-state index >= 15 is 0 Å². The summed E-state index contributed by atoms with van der Waals surface area (Å²) in [5.41, 5.74) is 0.650. The highest BCUT2D eigenvalue weighted by atomic mass is 19.4. The lowest BCUT2D eigenvalue weighted by Crippen LogP contribution is -2.53. The van der Waals surface area contributed by atoms with Gasteiger partial charge in [-0.2, -0.15) is 18.4 Å². The number of halogens is 4. The van der Waals surface area contributed by atoms with Crippen LogP contribution in [-0.2, 0) is 16.4 Å². The van der Waals surface area contributed by atoms with E-state index in [1.807, 2.05) is 47.4 Å². The molecule has 0 radical (unpaired) electrons. The molecular formula is C31H31F4N5O2. The average Bonchev–Trinajstić information content (AvgIpc) is 3.44. The van der Waals surface area contributed by atoms with E-state index in [4.69, 9.17) is 4.74 Å². The Balaban J connectivity index is 1.41. The van der Waals surface area contributed by atoms with Crippen LogP contribution in [0.3, 0.4) is 0 Å². The number of carbonyl (C=O) groups is 1. The lowest BCUT2D eigenvalue weighted by atomic mass is 9.72. The fourth-order valence-electron chi connectivity index (χ4n) is 5.86. The normalized spacial score (nSPS) is 20.1. The number of carbonyl (C=O) groups excluding carboxylic acids is 1. The van der Waals surface area contributed by atoms with Gasteiger partial charge in [-0.05, 0) is 61.2 Å². The van der Waals surface area contributed by atoms with Crippen LogP contribution in [0.2, 0.25) is 0 Å². The van der Waals surface area contributed by atoms with Crippen molar-refractivity contribution in [3.63, 3.8) is 0 Å². The first kappa shape index (κ1) is 29.3. The van der Waals surface area contributed by atoms with Gasteiger partial charge >= 0.3 is 6.18 Å². The molecule has 1 amide bonds. The molecule has 5 rings (SSSR count). The average molecular weight is 582 g/mol. The number of amides is 1. The van der Waals surface area contributed by atoms with E-state index in [1.165, 1.54) is 6.07 Å². The number of nitrogens with one attached hydrogen (secondary N) is 2. The Morgan fingerprint density at radius 2 is 1.95 bits per heavy atom. The summed E-state index contributed by atoms with van der Waals surface area (Å²) in [6.45, 7) is 1.18. The molecular weight excluding hydrogens is 550 g/mol. The smallest absolute Gasteiger partial charge is 0.416 e. The van der Waals surface area contributed by atoms with E-state index in [1.54, 1.807) is 13.3 Å². The van der Waals surface area contributed by atoms with E-state index < -0.39 is 23.3 Å². The maximum Gasteiger partial charge on any atom is 0.416 e. The maximum atomic E-state index is 13.9. The molecule has 2 atom stereocenters. The summed E-state index contributed by atoms with van der Waals surface area (Å²) in [6.07, 6.45) is -2.83. The molecule has 42 heavy (non-hydrogen) atoms. The number of hydrogen-bond donors (Lipinski definition) is 2. The molecule has 0 bridgehead atoms. The molecule has 1 aromatic heterocycles. The van der Waals surface area contributed by atoms with Crippen molar-refractivity contribution in [3.05, 3.63) is 77.5 Å². The van der Waals surface area contributed by atoms with E-state index in [2.05, 4.69) is 15.6 Å². The zero-order valence-corrected chi connectivity index (χ0v) is 23.0. The molecule has 2 N–H and O–H groups in total. The summed E-state index contributed by atoms with van der Waals surface area (Å²) >= 11 is 0. The molecule has 7 nitrogen and oxygen atoms in total. The van der Waals surface area contributed by atoms with E-state index in [-0.39, 0.29) is 30.6 Å². The molecule has 0 aliphatic carbocycles. The number of ether oxygens (including phenoxy) is 1. The number of anilines is 1. The van der Waals surface area contributed by atoms with Gasteiger partial charge in [0.15, 0.2) is 0 Å². The third-order valence-corrected chi connectivity index (χ3v) is 8.21. The molecule has 2 saturated heterocycles. The number of rotatable bonds is 7. The maximum absolute atomic E-state index is 13.9. The zero-order chi connectivity index (χ0) is 29.9. The summed E-state index contributed by atoms with van der Waals surface area (Å²) in [5.74, 6) is 0.449. The first-order valence-electron chi connectivity index (χ1n) is 13.8. The van der Waals surface area contributed by atoms with Crippen LogP contribution in [0.15, 0.2) is 60.8 Å². The van der Waals surface area contributed by atoms with Gasteiger partial charge < -0.3 is 20.3 Å². The monoisotopic (exact) mass is 581 g/mol. The minimum absolute atomic E-state index is 0.0716. The van der Waals surface area contributed by atoms with Crippen molar-refractivity contribution in [2.24, 2.45) is 0 Å². The third kappa shape index (κ3) is 5.90. The second-order valence-corrected chi connectivity index (χ2v) is 10.7. The van der Waals surface area contributed by atoms with Gasteiger partial charge in [0.05, 0.1) is 35.0 Å². The summed E-state index contributed by atoms with van der Waals surface area (Å²) in [5, 5.41) is 15.7. The quantitative estimate of drug-likeness (QED) is 0.382. The van der Waals surface area contributed by atoms with Gasteiger partial charge in [0.1, 0.15) is 18.0 Å². The second kappa shape index (κ2) is 12.0. The number of pyridine rings is 1. The van der Waals surface area contributed by atoms with E-state index in [9.17, 15) is 27.6 Å². The van der Waals surface area contributed by atoms with Crippen molar-refractivity contribution < 1.29 is 27.1 Å². The highest BCUT2D eigenvalue weighted by molar-refractivity contribution is 5.89. The van der Waals surface area contributed by atoms with Crippen molar-refractivity contribution >= 4 is 11.6 Å². The molecule has 3 aromatic rings. The Morgan fingerprint density at radius 1 is 1.19 bits per heavy atom.